The average molecular weight is 348 g/mol. The van der Waals surface area contributed by atoms with Crippen LogP contribution in [0.25, 0.3) is 0 Å². The molecule has 0 aliphatic carbocycles. The van der Waals surface area contributed by atoms with E-state index in [1.165, 1.54) is 11.4 Å². The molecule has 3 aromatic rings. The number of aromatic nitrogens is 5. The van der Waals surface area contributed by atoms with Crippen LogP contribution < -0.4 is 4.90 Å². The fourth-order valence-electron chi connectivity index (χ4n) is 3.68. The van der Waals surface area contributed by atoms with Crippen molar-refractivity contribution < 1.29 is 0 Å². The maximum atomic E-state index is 4.69. The van der Waals surface area contributed by atoms with Crippen LogP contribution in [0, 0.1) is 13.8 Å². The van der Waals surface area contributed by atoms with Crippen molar-refractivity contribution in [2.75, 3.05) is 18.0 Å². The summed E-state index contributed by atoms with van der Waals surface area (Å²) in [7, 11) is 0. The quantitative estimate of drug-likeness (QED) is 0.725. The predicted molar refractivity (Wildman–Crippen MR) is 101 cm³/mol. The summed E-state index contributed by atoms with van der Waals surface area (Å²) in [5, 5.41) is 0. The van der Waals surface area contributed by atoms with Crippen molar-refractivity contribution in [3.63, 3.8) is 0 Å². The molecule has 4 rings (SSSR count). The summed E-state index contributed by atoms with van der Waals surface area (Å²) in [6, 6.07) is 4.09. The third-order valence-electron chi connectivity index (χ3n) is 5.03. The first-order chi connectivity index (χ1) is 12.7. The number of hydrogen-bond acceptors (Lipinski definition) is 5. The van der Waals surface area contributed by atoms with Crippen molar-refractivity contribution >= 4 is 5.82 Å². The Hall–Kier alpha value is -2.76. The average Bonchev–Trinajstić information content (AvgIpc) is 3.13. The summed E-state index contributed by atoms with van der Waals surface area (Å²) in [4.78, 5) is 20.4. The van der Waals surface area contributed by atoms with Crippen LogP contribution in [0.15, 0.2) is 43.1 Å². The number of nitrogens with zero attached hydrogens (tertiary/aromatic N) is 6. The lowest BCUT2D eigenvalue weighted by Gasteiger charge is -2.33. The molecular formula is C20H24N6. The molecule has 0 saturated carbocycles. The molecule has 26 heavy (non-hydrogen) atoms. The third kappa shape index (κ3) is 3.45. The maximum absolute atomic E-state index is 4.69. The Morgan fingerprint density at radius 3 is 2.69 bits per heavy atom. The second kappa shape index (κ2) is 7.23. The van der Waals surface area contributed by atoms with E-state index in [0.29, 0.717) is 5.92 Å². The number of rotatable bonds is 4. The molecule has 6 nitrogen and oxygen atoms in total. The zero-order chi connectivity index (χ0) is 17.9. The molecule has 4 heterocycles. The van der Waals surface area contributed by atoms with E-state index >= 15 is 0 Å². The first-order valence-corrected chi connectivity index (χ1v) is 9.16. The van der Waals surface area contributed by atoms with E-state index in [4.69, 9.17) is 4.98 Å². The maximum Gasteiger partial charge on any atom is 0.150 e. The minimum absolute atomic E-state index is 0.482. The highest BCUT2D eigenvalue weighted by molar-refractivity contribution is 5.43. The molecule has 6 heteroatoms. The van der Waals surface area contributed by atoms with Gasteiger partial charge < -0.3 is 9.47 Å². The molecule has 0 amide bonds. The largest absolute Gasteiger partial charge is 0.355 e. The number of aryl methyl sites for hydroxylation is 2. The molecule has 1 aliphatic heterocycles. The number of anilines is 1. The van der Waals surface area contributed by atoms with E-state index < -0.39 is 0 Å². The molecule has 3 aromatic heterocycles. The van der Waals surface area contributed by atoms with Crippen molar-refractivity contribution in [3.05, 3.63) is 65.9 Å². The molecule has 1 aliphatic rings. The third-order valence-corrected chi connectivity index (χ3v) is 5.03. The molecule has 0 bridgehead atoms. The molecule has 134 valence electrons. The monoisotopic (exact) mass is 348 g/mol. The van der Waals surface area contributed by atoms with E-state index in [2.05, 4.69) is 36.7 Å². The highest BCUT2D eigenvalue weighted by Crippen LogP contribution is 2.30. The highest BCUT2D eigenvalue weighted by atomic mass is 15.2. The second-order valence-corrected chi connectivity index (χ2v) is 6.96. The van der Waals surface area contributed by atoms with E-state index in [1.54, 1.807) is 0 Å². The van der Waals surface area contributed by atoms with Gasteiger partial charge in [-0.25, -0.2) is 9.97 Å². The van der Waals surface area contributed by atoms with Gasteiger partial charge in [0.25, 0.3) is 0 Å². The highest BCUT2D eigenvalue weighted by Gasteiger charge is 2.25. The van der Waals surface area contributed by atoms with Crippen LogP contribution in [0.2, 0.25) is 0 Å². The van der Waals surface area contributed by atoms with Gasteiger partial charge >= 0.3 is 0 Å². The summed E-state index contributed by atoms with van der Waals surface area (Å²) >= 11 is 0. The summed E-state index contributed by atoms with van der Waals surface area (Å²) in [5.74, 6) is 2.69. The SMILES string of the molecule is Cc1cnc(C)c(N2CCC(c3nccn3Cc3cccnc3)CC2)n1. The number of hydrogen-bond donors (Lipinski definition) is 0. The summed E-state index contributed by atoms with van der Waals surface area (Å²) in [6.45, 7) is 6.84. The molecular weight excluding hydrogens is 324 g/mol. The van der Waals surface area contributed by atoms with Gasteiger partial charge in [-0.3, -0.25) is 9.97 Å². The number of imidazole rings is 1. The van der Waals surface area contributed by atoms with Gasteiger partial charge in [-0.05, 0) is 38.3 Å². The zero-order valence-corrected chi connectivity index (χ0v) is 15.3. The molecule has 0 unspecified atom stereocenters. The summed E-state index contributed by atoms with van der Waals surface area (Å²) in [5.41, 5.74) is 3.18. The lowest BCUT2D eigenvalue weighted by atomic mass is 9.95. The van der Waals surface area contributed by atoms with Gasteiger partial charge in [0.15, 0.2) is 0 Å². The summed E-state index contributed by atoms with van der Waals surface area (Å²) < 4.78 is 2.26. The van der Waals surface area contributed by atoms with Gasteiger partial charge in [0.2, 0.25) is 0 Å². The van der Waals surface area contributed by atoms with E-state index in [1.807, 2.05) is 44.7 Å². The Labute approximate surface area is 154 Å². The molecule has 0 radical (unpaired) electrons. The Balaban J connectivity index is 1.46. The Bertz CT molecular complexity index is 865. The van der Waals surface area contributed by atoms with Gasteiger partial charge in [0.05, 0.1) is 17.9 Å². The van der Waals surface area contributed by atoms with Gasteiger partial charge in [0.1, 0.15) is 11.6 Å². The lowest BCUT2D eigenvalue weighted by Crippen LogP contribution is -2.35. The standard InChI is InChI=1S/C20H24N6/c1-15-12-23-16(2)19(24-15)25-9-5-18(6-10-25)20-22-8-11-26(20)14-17-4-3-7-21-13-17/h3-4,7-8,11-13,18H,5-6,9-10,14H2,1-2H3. The molecule has 0 atom stereocenters. The van der Waals surface area contributed by atoms with Crippen LogP contribution in [0.1, 0.15) is 41.5 Å². The Morgan fingerprint density at radius 2 is 1.92 bits per heavy atom. The minimum Gasteiger partial charge on any atom is -0.355 e. The topological polar surface area (TPSA) is 59.7 Å². The first-order valence-electron chi connectivity index (χ1n) is 9.16. The van der Waals surface area contributed by atoms with Crippen molar-refractivity contribution in [1.29, 1.82) is 0 Å². The van der Waals surface area contributed by atoms with Crippen LogP contribution in [0.5, 0.6) is 0 Å². The van der Waals surface area contributed by atoms with Gasteiger partial charge in [-0.15, -0.1) is 0 Å². The lowest BCUT2D eigenvalue weighted by molar-refractivity contribution is 0.467. The molecule has 0 spiro atoms. The van der Waals surface area contributed by atoms with Crippen molar-refractivity contribution in [1.82, 2.24) is 24.5 Å². The van der Waals surface area contributed by atoms with Crippen molar-refractivity contribution in [2.24, 2.45) is 0 Å². The van der Waals surface area contributed by atoms with Crippen molar-refractivity contribution in [2.45, 2.75) is 39.2 Å². The second-order valence-electron chi connectivity index (χ2n) is 6.96. The number of piperidine rings is 1. The number of pyridine rings is 1. The van der Waals surface area contributed by atoms with Gasteiger partial charge in [0, 0.05) is 50.0 Å². The Morgan fingerprint density at radius 1 is 1.08 bits per heavy atom. The normalized spacial score (nSPS) is 15.4. The van der Waals surface area contributed by atoms with Crippen LogP contribution in [-0.4, -0.2) is 37.6 Å². The fraction of sp³-hybridized carbons (Fsp3) is 0.400. The molecule has 1 fully saturated rings. The molecule has 1 saturated heterocycles. The fourth-order valence-corrected chi connectivity index (χ4v) is 3.68. The van der Waals surface area contributed by atoms with E-state index in [0.717, 1.165) is 49.7 Å². The van der Waals surface area contributed by atoms with Crippen LogP contribution in [-0.2, 0) is 6.54 Å². The zero-order valence-electron chi connectivity index (χ0n) is 15.3. The summed E-state index contributed by atoms with van der Waals surface area (Å²) in [6.07, 6.45) is 11.7. The van der Waals surface area contributed by atoms with Gasteiger partial charge in [-0.2, -0.15) is 0 Å². The first kappa shape index (κ1) is 16.7. The van der Waals surface area contributed by atoms with Crippen LogP contribution in [0.4, 0.5) is 5.82 Å². The molecule has 0 N–H and O–H groups in total. The smallest absolute Gasteiger partial charge is 0.150 e. The van der Waals surface area contributed by atoms with Crippen molar-refractivity contribution in [3.8, 4) is 0 Å². The minimum atomic E-state index is 0.482. The predicted octanol–water partition coefficient (Wildman–Crippen LogP) is 3.12. The van der Waals surface area contributed by atoms with E-state index in [-0.39, 0.29) is 0 Å². The molecule has 0 aromatic carbocycles. The Kier molecular flexibility index (Phi) is 4.65. The van der Waals surface area contributed by atoms with E-state index in [9.17, 15) is 0 Å². The van der Waals surface area contributed by atoms with Crippen LogP contribution >= 0.6 is 0 Å². The van der Waals surface area contributed by atoms with Gasteiger partial charge in [-0.1, -0.05) is 6.07 Å². The van der Waals surface area contributed by atoms with Crippen LogP contribution in [0.3, 0.4) is 0 Å².